The van der Waals surface area contributed by atoms with Gasteiger partial charge in [-0.05, 0) is 56.8 Å². The predicted molar refractivity (Wildman–Crippen MR) is 147 cm³/mol. The van der Waals surface area contributed by atoms with Crippen molar-refractivity contribution in [2.45, 2.75) is 62.9 Å². The van der Waals surface area contributed by atoms with Gasteiger partial charge in [-0.2, -0.15) is 0 Å². The molecule has 0 fully saturated rings. The van der Waals surface area contributed by atoms with Crippen LogP contribution in [0.3, 0.4) is 0 Å². The summed E-state index contributed by atoms with van der Waals surface area (Å²) in [5, 5.41) is 38.3. The Balaban J connectivity index is 4.44. The SMILES string of the molecule is C=CC(=O)NCCCC(O)COCC(COCC(O)CCCNC(=O)C=C)OCC(O)CCCNC(=O)C=C. The highest BCUT2D eigenvalue weighted by Gasteiger charge is 2.16. The molecule has 0 aromatic rings. The Morgan fingerprint density at radius 1 is 0.590 bits per heavy atom. The first-order valence-corrected chi connectivity index (χ1v) is 13.2. The zero-order chi connectivity index (χ0) is 29.3. The van der Waals surface area contributed by atoms with Crippen LogP contribution in [0.25, 0.3) is 0 Å². The van der Waals surface area contributed by atoms with E-state index in [4.69, 9.17) is 14.2 Å². The van der Waals surface area contributed by atoms with Crippen LogP contribution in [0.15, 0.2) is 38.0 Å². The summed E-state index contributed by atoms with van der Waals surface area (Å²) >= 11 is 0. The van der Waals surface area contributed by atoms with Crippen molar-refractivity contribution >= 4 is 17.7 Å². The third-order valence-corrected chi connectivity index (χ3v) is 5.35. The molecule has 0 radical (unpaired) electrons. The maximum atomic E-state index is 11.2. The monoisotopic (exact) mass is 557 g/mol. The average Bonchev–Trinajstić information content (AvgIpc) is 2.93. The van der Waals surface area contributed by atoms with Crippen LogP contribution in [0.1, 0.15) is 38.5 Å². The summed E-state index contributed by atoms with van der Waals surface area (Å²) in [6.45, 7) is 11.7. The highest BCUT2D eigenvalue weighted by Crippen LogP contribution is 2.05. The minimum atomic E-state index is -0.763. The van der Waals surface area contributed by atoms with Gasteiger partial charge < -0.3 is 45.5 Å². The summed E-state index contributed by atoms with van der Waals surface area (Å²) in [6.07, 6.45) is 3.74. The summed E-state index contributed by atoms with van der Waals surface area (Å²) < 4.78 is 16.9. The van der Waals surface area contributed by atoms with Gasteiger partial charge in [0.05, 0.1) is 51.3 Å². The summed E-state index contributed by atoms with van der Waals surface area (Å²) in [5.74, 6) is -0.814. The lowest BCUT2D eigenvalue weighted by atomic mass is 10.2. The molecule has 0 aromatic carbocycles. The fourth-order valence-electron chi connectivity index (χ4n) is 3.18. The number of hydrogen-bond donors (Lipinski definition) is 6. The molecule has 0 aliphatic heterocycles. The molecule has 0 rings (SSSR count). The van der Waals surface area contributed by atoms with Crippen molar-refractivity contribution in [3.05, 3.63) is 38.0 Å². The first kappa shape index (κ1) is 36.4. The van der Waals surface area contributed by atoms with E-state index in [0.717, 1.165) is 0 Å². The molecule has 3 amide bonds. The van der Waals surface area contributed by atoms with Crippen LogP contribution in [0.5, 0.6) is 0 Å². The molecule has 0 aromatic heterocycles. The van der Waals surface area contributed by atoms with Crippen LogP contribution in [0.2, 0.25) is 0 Å². The second-order valence-corrected chi connectivity index (χ2v) is 8.90. The van der Waals surface area contributed by atoms with Crippen molar-refractivity contribution in [1.82, 2.24) is 16.0 Å². The number of aliphatic hydroxyl groups excluding tert-OH is 3. The Hall–Kier alpha value is -2.61. The Kier molecular flexibility index (Phi) is 22.8. The minimum Gasteiger partial charge on any atom is -0.391 e. The largest absolute Gasteiger partial charge is 0.391 e. The lowest BCUT2D eigenvalue weighted by Gasteiger charge is -2.22. The van der Waals surface area contributed by atoms with Crippen molar-refractivity contribution < 1.29 is 43.9 Å². The molecule has 6 N–H and O–H groups in total. The van der Waals surface area contributed by atoms with E-state index in [0.29, 0.717) is 58.2 Å². The number of nitrogens with one attached hydrogen (secondary N) is 3. The van der Waals surface area contributed by atoms with E-state index in [1.165, 1.54) is 18.2 Å². The molecule has 0 aliphatic carbocycles. The molecular formula is C27H47N3O9. The van der Waals surface area contributed by atoms with Crippen molar-refractivity contribution in [3.63, 3.8) is 0 Å². The number of hydrogen-bond acceptors (Lipinski definition) is 9. The second kappa shape index (κ2) is 24.4. The maximum Gasteiger partial charge on any atom is 0.243 e. The molecule has 39 heavy (non-hydrogen) atoms. The van der Waals surface area contributed by atoms with E-state index >= 15 is 0 Å². The Morgan fingerprint density at radius 3 is 1.26 bits per heavy atom. The van der Waals surface area contributed by atoms with Crippen LogP contribution in [0.4, 0.5) is 0 Å². The minimum absolute atomic E-state index is 0.0178. The molecule has 0 aliphatic rings. The molecular weight excluding hydrogens is 510 g/mol. The second-order valence-electron chi connectivity index (χ2n) is 8.90. The van der Waals surface area contributed by atoms with E-state index in [9.17, 15) is 29.7 Å². The van der Waals surface area contributed by atoms with E-state index in [-0.39, 0.29) is 50.8 Å². The molecule has 0 spiro atoms. The zero-order valence-electron chi connectivity index (χ0n) is 22.9. The summed E-state index contributed by atoms with van der Waals surface area (Å²) in [4.78, 5) is 33.5. The maximum absolute atomic E-state index is 11.2. The number of carbonyl (C=O) groups is 3. The molecule has 0 heterocycles. The quantitative estimate of drug-likeness (QED) is 0.0618. The van der Waals surface area contributed by atoms with E-state index in [1.807, 2.05) is 0 Å². The van der Waals surface area contributed by atoms with Gasteiger partial charge in [-0.1, -0.05) is 19.7 Å². The van der Waals surface area contributed by atoms with Gasteiger partial charge in [-0.25, -0.2) is 0 Å². The zero-order valence-corrected chi connectivity index (χ0v) is 22.9. The van der Waals surface area contributed by atoms with Crippen LogP contribution in [-0.2, 0) is 28.6 Å². The van der Waals surface area contributed by atoms with Crippen molar-refractivity contribution in [3.8, 4) is 0 Å². The van der Waals surface area contributed by atoms with Crippen molar-refractivity contribution in [2.75, 3.05) is 52.7 Å². The predicted octanol–water partition coefficient (Wildman–Crippen LogP) is -0.265. The van der Waals surface area contributed by atoms with Gasteiger partial charge in [0, 0.05) is 19.6 Å². The normalized spacial score (nSPS) is 13.9. The number of rotatable bonds is 26. The Morgan fingerprint density at radius 2 is 0.923 bits per heavy atom. The van der Waals surface area contributed by atoms with Gasteiger partial charge in [0.25, 0.3) is 0 Å². The van der Waals surface area contributed by atoms with E-state index in [2.05, 4.69) is 35.7 Å². The van der Waals surface area contributed by atoms with Gasteiger partial charge in [-0.15, -0.1) is 0 Å². The van der Waals surface area contributed by atoms with Crippen LogP contribution < -0.4 is 16.0 Å². The van der Waals surface area contributed by atoms with Crippen molar-refractivity contribution in [1.29, 1.82) is 0 Å². The molecule has 0 saturated heterocycles. The highest BCUT2D eigenvalue weighted by molar-refractivity contribution is 5.87. The summed E-state index contributed by atoms with van der Waals surface area (Å²) in [6, 6.07) is 0. The number of ether oxygens (including phenoxy) is 3. The topological polar surface area (TPSA) is 176 Å². The molecule has 3 atom stereocenters. The van der Waals surface area contributed by atoms with Crippen LogP contribution in [-0.4, -0.2) is 110 Å². The Labute approximate surface area is 231 Å². The standard InChI is InChI=1S/C27H47N3O9/c1-4-25(34)28-13-7-10-21(31)16-37-19-24(39-18-23(33)12-9-15-30-27(36)6-3)20-38-17-22(32)11-8-14-29-26(35)5-2/h4-6,21-24,31-33H,1-3,7-20H2,(H,28,34)(H,29,35)(H,30,36). The molecule has 224 valence electrons. The molecule has 12 nitrogen and oxygen atoms in total. The van der Waals surface area contributed by atoms with E-state index < -0.39 is 24.4 Å². The third-order valence-electron chi connectivity index (χ3n) is 5.35. The lowest BCUT2D eigenvalue weighted by molar-refractivity contribution is -0.117. The molecule has 12 heteroatoms. The first-order chi connectivity index (χ1) is 18.7. The highest BCUT2D eigenvalue weighted by atomic mass is 16.6. The average molecular weight is 558 g/mol. The Bertz CT molecular complexity index is 681. The van der Waals surface area contributed by atoms with Crippen molar-refractivity contribution in [2.24, 2.45) is 0 Å². The number of amides is 3. The third kappa shape index (κ3) is 23.0. The molecule has 3 unspecified atom stereocenters. The fourth-order valence-corrected chi connectivity index (χ4v) is 3.18. The van der Waals surface area contributed by atoms with Gasteiger partial charge in [0.2, 0.25) is 17.7 Å². The number of carbonyl (C=O) groups excluding carboxylic acids is 3. The van der Waals surface area contributed by atoms with Gasteiger partial charge in [-0.3, -0.25) is 14.4 Å². The van der Waals surface area contributed by atoms with Gasteiger partial charge in [0.15, 0.2) is 0 Å². The molecule has 0 bridgehead atoms. The molecule has 0 saturated carbocycles. The first-order valence-electron chi connectivity index (χ1n) is 13.2. The van der Waals surface area contributed by atoms with Crippen LogP contribution in [0, 0.1) is 0 Å². The smallest absolute Gasteiger partial charge is 0.243 e. The van der Waals surface area contributed by atoms with E-state index in [1.54, 1.807) is 0 Å². The summed E-state index contributed by atoms with van der Waals surface area (Å²) in [5.41, 5.74) is 0. The van der Waals surface area contributed by atoms with Crippen LogP contribution >= 0.6 is 0 Å². The summed E-state index contributed by atoms with van der Waals surface area (Å²) in [7, 11) is 0. The number of aliphatic hydroxyl groups is 3. The van der Waals surface area contributed by atoms with Gasteiger partial charge >= 0.3 is 0 Å². The van der Waals surface area contributed by atoms with Gasteiger partial charge in [0.1, 0.15) is 6.10 Å². The lowest BCUT2D eigenvalue weighted by Crippen LogP contribution is -2.32. The fraction of sp³-hybridized carbons (Fsp3) is 0.667.